The largest absolute Gasteiger partial charge is 0.466 e. The molecule has 1 aromatic carbocycles. The maximum Gasteiger partial charge on any atom is 0.326 e. The fourth-order valence-electron chi connectivity index (χ4n) is 5.48. The van der Waals surface area contributed by atoms with E-state index in [1.165, 1.54) is 44.9 Å². The highest BCUT2D eigenvalue weighted by Crippen LogP contribution is 2.33. The second-order valence-electron chi connectivity index (χ2n) is 9.15. The Bertz CT molecular complexity index is 945. The third kappa shape index (κ3) is 5.25. The van der Waals surface area contributed by atoms with E-state index in [1.807, 2.05) is 25.1 Å². The minimum Gasteiger partial charge on any atom is -0.466 e. The van der Waals surface area contributed by atoms with Crippen LogP contribution in [0, 0.1) is 11.8 Å². The van der Waals surface area contributed by atoms with Gasteiger partial charge in [-0.2, -0.15) is 0 Å². The van der Waals surface area contributed by atoms with Gasteiger partial charge in [0.1, 0.15) is 0 Å². The van der Waals surface area contributed by atoms with Crippen molar-refractivity contribution in [2.75, 3.05) is 26.2 Å². The van der Waals surface area contributed by atoms with E-state index in [1.54, 1.807) is 4.57 Å². The van der Waals surface area contributed by atoms with Gasteiger partial charge in [0, 0.05) is 24.1 Å². The molecule has 2 fully saturated rings. The number of nitrogens with one attached hydrogen (secondary N) is 1. The van der Waals surface area contributed by atoms with Crippen molar-refractivity contribution < 1.29 is 9.53 Å². The van der Waals surface area contributed by atoms with Crippen molar-refractivity contribution in [3.05, 3.63) is 33.2 Å². The molecule has 0 bridgehead atoms. The van der Waals surface area contributed by atoms with Crippen LogP contribution in [0.1, 0.15) is 64.3 Å². The molecule has 2 heterocycles. The van der Waals surface area contributed by atoms with Crippen LogP contribution in [0.2, 0.25) is 0 Å². The van der Waals surface area contributed by atoms with Gasteiger partial charge in [-0.25, -0.2) is 4.79 Å². The average Bonchev–Trinajstić information content (AvgIpc) is 3.04. The van der Waals surface area contributed by atoms with E-state index in [4.69, 9.17) is 4.74 Å². The predicted octanol–water partition coefficient (Wildman–Crippen LogP) is 4.88. The number of imidazole rings is 1. The van der Waals surface area contributed by atoms with Gasteiger partial charge in [0.15, 0.2) is 0 Å². The molecule has 0 spiro atoms. The van der Waals surface area contributed by atoms with E-state index in [2.05, 4.69) is 25.8 Å². The number of benzene rings is 1. The number of aromatic amines is 1. The molecule has 0 radical (unpaired) electrons. The average molecular weight is 492 g/mol. The third-order valence-corrected chi connectivity index (χ3v) is 7.49. The molecule has 2 aromatic rings. The molecular weight excluding hydrogens is 458 g/mol. The van der Waals surface area contributed by atoms with E-state index in [0.29, 0.717) is 19.1 Å². The van der Waals surface area contributed by atoms with Gasteiger partial charge < -0.3 is 14.6 Å². The number of halogens is 1. The van der Waals surface area contributed by atoms with Gasteiger partial charge in [-0.1, -0.05) is 48.0 Å². The lowest BCUT2D eigenvalue weighted by atomic mass is 9.88. The van der Waals surface area contributed by atoms with E-state index < -0.39 is 0 Å². The number of hydrogen-bond acceptors (Lipinski definition) is 4. The molecule has 1 saturated carbocycles. The molecule has 0 amide bonds. The fourth-order valence-corrected chi connectivity index (χ4v) is 5.84. The number of carbonyl (C=O) groups excluding carboxylic acids is 1. The SMILES string of the molecule is CCOC(=O)C1CN(CC2CCCCCCC2)CCC1n1c(=O)[nH]c2cc(Br)ccc21. The van der Waals surface area contributed by atoms with Gasteiger partial charge in [-0.15, -0.1) is 0 Å². The zero-order valence-electron chi connectivity index (χ0n) is 18.4. The lowest BCUT2D eigenvalue weighted by Gasteiger charge is -2.39. The van der Waals surface area contributed by atoms with Crippen molar-refractivity contribution in [2.24, 2.45) is 11.8 Å². The Kier molecular flexibility index (Phi) is 7.54. The number of H-pyrrole nitrogens is 1. The van der Waals surface area contributed by atoms with Crippen LogP contribution in [-0.4, -0.2) is 46.7 Å². The lowest BCUT2D eigenvalue weighted by Crippen LogP contribution is -2.48. The number of nitrogens with zero attached hydrogens (tertiary/aromatic N) is 2. The number of rotatable bonds is 5. The van der Waals surface area contributed by atoms with E-state index >= 15 is 0 Å². The van der Waals surface area contributed by atoms with Crippen LogP contribution in [0.5, 0.6) is 0 Å². The molecule has 4 rings (SSSR count). The van der Waals surface area contributed by atoms with Gasteiger partial charge in [-0.05, 0) is 50.3 Å². The summed E-state index contributed by atoms with van der Waals surface area (Å²) in [5.74, 6) is 0.198. The Morgan fingerprint density at radius 2 is 1.90 bits per heavy atom. The van der Waals surface area contributed by atoms with Gasteiger partial charge in [0.2, 0.25) is 0 Å². The molecule has 1 N–H and O–H groups in total. The molecule has 7 heteroatoms. The Morgan fingerprint density at radius 1 is 1.16 bits per heavy atom. The number of fused-ring (bicyclic) bond motifs is 1. The quantitative estimate of drug-likeness (QED) is 0.605. The highest BCUT2D eigenvalue weighted by Gasteiger charge is 2.38. The summed E-state index contributed by atoms with van der Waals surface area (Å²) < 4.78 is 8.17. The minimum absolute atomic E-state index is 0.152. The van der Waals surface area contributed by atoms with E-state index in [0.717, 1.165) is 35.0 Å². The zero-order valence-corrected chi connectivity index (χ0v) is 20.0. The molecule has 2 aliphatic rings. The maximum absolute atomic E-state index is 13.0. The van der Waals surface area contributed by atoms with E-state index in [-0.39, 0.29) is 23.6 Å². The normalized spacial score (nSPS) is 24.1. The molecule has 2 unspecified atom stereocenters. The number of aromatic nitrogens is 2. The molecular formula is C24H34BrN3O3. The number of esters is 1. The van der Waals surface area contributed by atoms with Crippen LogP contribution in [0.4, 0.5) is 0 Å². The molecule has 170 valence electrons. The zero-order chi connectivity index (χ0) is 21.8. The second-order valence-corrected chi connectivity index (χ2v) is 10.1. The van der Waals surface area contributed by atoms with Crippen molar-refractivity contribution in [1.29, 1.82) is 0 Å². The summed E-state index contributed by atoms with van der Waals surface area (Å²) >= 11 is 3.47. The third-order valence-electron chi connectivity index (χ3n) is 7.00. The standard InChI is InChI=1S/C24H34BrN3O3/c1-2-31-23(29)19-16-27(15-17-8-6-4-3-5-7-9-17)13-12-21(19)28-22-11-10-18(25)14-20(22)26-24(28)30/h10-11,14,17,19,21H,2-9,12-13,15-16H2,1H3,(H,26,30). The Morgan fingerprint density at radius 3 is 2.65 bits per heavy atom. The first-order valence-electron chi connectivity index (χ1n) is 11.9. The first-order chi connectivity index (χ1) is 15.1. The second kappa shape index (κ2) is 10.3. The number of piperidine rings is 1. The molecule has 1 saturated heterocycles. The topological polar surface area (TPSA) is 67.3 Å². The summed E-state index contributed by atoms with van der Waals surface area (Å²) in [7, 11) is 0. The fraction of sp³-hybridized carbons (Fsp3) is 0.667. The Hall–Kier alpha value is -1.60. The summed E-state index contributed by atoms with van der Waals surface area (Å²) in [6, 6.07) is 5.61. The van der Waals surface area contributed by atoms with Crippen LogP contribution in [0.15, 0.2) is 27.5 Å². The van der Waals surface area contributed by atoms with E-state index in [9.17, 15) is 9.59 Å². The molecule has 6 nitrogen and oxygen atoms in total. The van der Waals surface area contributed by atoms with Gasteiger partial charge >= 0.3 is 11.7 Å². The van der Waals surface area contributed by atoms with Crippen molar-refractivity contribution in [2.45, 2.75) is 64.3 Å². The highest BCUT2D eigenvalue weighted by atomic mass is 79.9. The molecule has 1 aromatic heterocycles. The summed E-state index contributed by atoms with van der Waals surface area (Å²) in [4.78, 5) is 31.2. The van der Waals surface area contributed by atoms with Gasteiger partial charge in [0.05, 0.1) is 29.6 Å². The van der Waals surface area contributed by atoms with Crippen molar-refractivity contribution in [3.8, 4) is 0 Å². The summed E-state index contributed by atoms with van der Waals surface area (Å²) in [5.41, 5.74) is 1.49. The molecule has 1 aliphatic carbocycles. The summed E-state index contributed by atoms with van der Waals surface area (Å²) in [6.45, 7) is 4.83. The van der Waals surface area contributed by atoms with Crippen LogP contribution in [0.25, 0.3) is 11.0 Å². The minimum atomic E-state index is -0.331. The van der Waals surface area contributed by atoms with Crippen LogP contribution >= 0.6 is 15.9 Å². The highest BCUT2D eigenvalue weighted by molar-refractivity contribution is 9.10. The first-order valence-corrected chi connectivity index (χ1v) is 12.6. The van der Waals surface area contributed by atoms with Gasteiger partial charge in [-0.3, -0.25) is 9.36 Å². The first kappa shape index (κ1) is 22.6. The number of likely N-dealkylation sites (tertiary alicyclic amines) is 1. The summed E-state index contributed by atoms with van der Waals surface area (Å²) in [5, 5.41) is 0. The van der Waals surface area contributed by atoms with Crippen LogP contribution in [0.3, 0.4) is 0 Å². The van der Waals surface area contributed by atoms with Crippen molar-refractivity contribution in [1.82, 2.24) is 14.5 Å². The van der Waals surface area contributed by atoms with Gasteiger partial charge in [0.25, 0.3) is 0 Å². The Balaban J connectivity index is 1.56. The van der Waals surface area contributed by atoms with Crippen LogP contribution < -0.4 is 5.69 Å². The number of ether oxygens (including phenoxy) is 1. The smallest absolute Gasteiger partial charge is 0.326 e. The van der Waals surface area contributed by atoms with Crippen LogP contribution in [-0.2, 0) is 9.53 Å². The Labute approximate surface area is 192 Å². The predicted molar refractivity (Wildman–Crippen MR) is 126 cm³/mol. The van der Waals surface area contributed by atoms with Crippen molar-refractivity contribution in [3.63, 3.8) is 0 Å². The molecule has 2 atom stereocenters. The van der Waals surface area contributed by atoms with Crippen molar-refractivity contribution >= 4 is 32.9 Å². The maximum atomic E-state index is 13.0. The number of carbonyl (C=O) groups is 1. The number of hydrogen-bond donors (Lipinski definition) is 1. The molecule has 31 heavy (non-hydrogen) atoms. The molecule has 1 aliphatic heterocycles. The summed E-state index contributed by atoms with van der Waals surface area (Å²) in [6.07, 6.45) is 10.1. The monoisotopic (exact) mass is 491 g/mol. The lowest BCUT2D eigenvalue weighted by molar-refractivity contribution is -0.152.